The Labute approximate surface area is 144 Å². The molecular formula is C18H19N5O2. The van der Waals surface area contributed by atoms with Crippen molar-refractivity contribution in [2.75, 3.05) is 13.1 Å². The summed E-state index contributed by atoms with van der Waals surface area (Å²) < 4.78 is 1.65. The number of likely N-dealkylation sites (tertiary alicyclic amines) is 1. The van der Waals surface area contributed by atoms with Crippen LogP contribution in [0, 0.1) is 0 Å². The maximum absolute atomic E-state index is 12.3. The molecule has 1 saturated heterocycles. The molecule has 1 amide bonds. The highest BCUT2D eigenvalue weighted by molar-refractivity contribution is 5.77. The van der Waals surface area contributed by atoms with Crippen molar-refractivity contribution in [1.82, 2.24) is 24.6 Å². The molecular weight excluding hydrogens is 318 g/mol. The Kier molecular flexibility index (Phi) is 4.05. The fourth-order valence-corrected chi connectivity index (χ4v) is 3.19. The lowest BCUT2D eigenvalue weighted by molar-refractivity contribution is -0.130. The average Bonchev–Trinajstić information content (AvgIpc) is 3.30. The Hall–Kier alpha value is -2.96. The number of nitrogens with one attached hydrogen (secondary N) is 1. The lowest BCUT2D eigenvalue weighted by Crippen LogP contribution is -2.28. The van der Waals surface area contributed by atoms with E-state index >= 15 is 0 Å². The van der Waals surface area contributed by atoms with E-state index in [1.54, 1.807) is 4.68 Å². The van der Waals surface area contributed by atoms with Gasteiger partial charge in [0, 0.05) is 25.9 Å². The first-order chi connectivity index (χ1) is 12.2. The van der Waals surface area contributed by atoms with Gasteiger partial charge in [-0.25, -0.2) is 9.67 Å². The Bertz CT molecular complexity index is 955. The van der Waals surface area contributed by atoms with Crippen LogP contribution in [-0.4, -0.2) is 43.6 Å². The highest BCUT2D eigenvalue weighted by Crippen LogP contribution is 2.14. The summed E-state index contributed by atoms with van der Waals surface area (Å²) in [6.45, 7) is 1.67. The largest absolute Gasteiger partial charge is 0.343 e. The molecule has 0 radical (unpaired) electrons. The van der Waals surface area contributed by atoms with Gasteiger partial charge < -0.3 is 9.88 Å². The molecule has 25 heavy (non-hydrogen) atoms. The van der Waals surface area contributed by atoms with E-state index in [-0.39, 0.29) is 11.5 Å². The second-order valence-electron chi connectivity index (χ2n) is 6.23. The Morgan fingerprint density at radius 2 is 1.92 bits per heavy atom. The van der Waals surface area contributed by atoms with E-state index in [1.165, 1.54) is 6.20 Å². The molecule has 0 atom stereocenters. The number of fused-ring (bicyclic) bond motifs is 1. The maximum atomic E-state index is 12.3. The number of nitrogens with zero attached hydrogens (tertiary/aromatic N) is 4. The van der Waals surface area contributed by atoms with Crippen LogP contribution in [0.4, 0.5) is 0 Å². The van der Waals surface area contributed by atoms with Crippen LogP contribution in [0.2, 0.25) is 0 Å². The first-order valence-electron chi connectivity index (χ1n) is 8.52. The van der Waals surface area contributed by atoms with Gasteiger partial charge in [0.15, 0.2) is 5.65 Å². The second kappa shape index (κ2) is 6.51. The van der Waals surface area contributed by atoms with Crippen LogP contribution in [0.15, 0.2) is 41.3 Å². The second-order valence-corrected chi connectivity index (χ2v) is 6.23. The van der Waals surface area contributed by atoms with Crippen molar-refractivity contribution < 1.29 is 4.79 Å². The predicted octanol–water partition coefficient (Wildman–Crippen LogP) is 1.66. The van der Waals surface area contributed by atoms with Crippen LogP contribution in [0.5, 0.6) is 0 Å². The minimum atomic E-state index is -0.226. The summed E-state index contributed by atoms with van der Waals surface area (Å²) in [5.41, 5.74) is 1.13. The average molecular weight is 337 g/mol. The lowest BCUT2D eigenvalue weighted by Gasteiger charge is -2.14. The smallest absolute Gasteiger partial charge is 0.262 e. The van der Waals surface area contributed by atoms with Gasteiger partial charge in [0.05, 0.1) is 11.9 Å². The van der Waals surface area contributed by atoms with E-state index in [4.69, 9.17) is 0 Å². The number of hydrogen-bond donors (Lipinski definition) is 1. The van der Waals surface area contributed by atoms with Gasteiger partial charge in [-0.3, -0.25) is 9.59 Å². The normalized spacial score (nSPS) is 14.3. The number of carbonyl (C=O) groups is 1. The number of aromatic amines is 1. The topological polar surface area (TPSA) is 83.9 Å². The van der Waals surface area contributed by atoms with Gasteiger partial charge in [0.1, 0.15) is 11.2 Å². The van der Waals surface area contributed by atoms with Gasteiger partial charge in [-0.15, -0.1) is 0 Å². The van der Waals surface area contributed by atoms with Gasteiger partial charge >= 0.3 is 0 Å². The molecule has 1 N–H and O–H groups in total. The standard InChI is InChI=1S/C18H19N5O2/c24-16(22-10-4-5-11-22)9-8-15-20-17-14(18(25)21-15)12-19-23(17)13-6-2-1-3-7-13/h1-3,6-7,12H,4-5,8-11H2,(H,20,21,25). The zero-order chi connectivity index (χ0) is 17.2. The van der Waals surface area contributed by atoms with E-state index in [0.717, 1.165) is 31.6 Å². The minimum absolute atomic E-state index is 0.122. The fourth-order valence-electron chi connectivity index (χ4n) is 3.19. The van der Waals surface area contributed by atoms with Crippen LogP contribution in [0.1, 0.15) is 25.1 Å². The molecule has 7 heteroatoms. The van der Waals surface area contributed by atoms with Gasteiger partial charge in [-0.1, -0.05) is 18.2 Å². The van der Waals surface area contributed by atoms with Gasteiger partial charge in [-0.05, 0) is 25.0 Å². The van der Waals surface area contributed by atoms with E-state index < -0.39 is 0 Å². The summed E-state index contributed by atoms with van der Waals surface area (Å²) in [7, 11) is 0. The first kappa shape index (κ1) is 15.6. The summed E-state index contributed by atoms with van der Waals surface area (Å²) in [6, 6.07) is 9.56. The van der Waals surface area contributed by atoms with Crippen molar-refractivity contribution in [1.29, 1.82) is 0 Å². The van der Waals surface area contributed by atoms with Crippen molar-refractivity contribution in [3.8, 4) is 5.69 Å². The minimum Gasteiger partial charge on any atom is -0.343 e. The van der Waals surface area contributed by atoms with Crippen LogP contribution in [0.25, 0.3) is 16.7 Å². The number of rotatable bonds is 4. The Morgan fingerprint density at radius 1 is 1.16 bits per heavy atom. The predicted molar refractivity (Wildman–Crippen MR) is 93.6 cm³/mol. The van der Waals surface area contributed by atoms with Gasteiger partial charge in [-0.2, -0.15) is 5.10 Å². The molecule has 3 heterocycles. The number of benzene rings is 1. The summed E-state index contributed by atoms with van der Waals surface area (Å²) in [6.07, 6.45) is 4.44. The van der Waals surface area contributed by atoms with Crippen LogP contribution in [-0.2, 0) is 11.2 Å². The molecule has 1 fully saturated rings. The highest BCUT2D eigenvalue weighted by Gasteiger charge is 2.18. The molecule has 128 valence electrons. The van der Waals surface area contributed by atoms with Crippen molar-refractivity contribution in [3.05, 3.63) is 52.7 Å². The zero-order valence-corrected chi connectivity index (χ0v) is 13.8. The van der Waals surface area contributed by atoms with Crippen LogP contribution < -0.4 is 5.56 Å². The molecule has 1 aliphatic rings. The summed E-state index contributed by atoms with van der Waals surface area (Å²) in [5.74, 6) is 0.638. The number of carbonyl (C=O) groups excluding carboxylic acids is 1. The van der Waals surface area contributed by atoms with Crippen molar-refractivity contribution in [2.24, 2.45) is 0 Å². The summed E-state index contributed by atoms with van der Waals surface area (Å²) in [5, 5.41) is 4.73. The molecule has 3 aromatic rings. The molecule has 1 aliphatic heterocycles. The molecule has 1 aromatic carbocycles. The van der Waals surface area contributed by atoms with E-state index in [9.17, 15) is 9.59 Å². The molecule has 0 unspecified atom stereocenters. The molecule has 0 aliphatic carbocycles. The Balaban J connectivity index is 1.62. The van der Waals surface area contributed by atoms with Crippen molar-refractivity contribution in [3.63, 3.8) is 0 Å². The quantitative estimate of drug-likeness (QED) is 0.785. The molecule has 7 nitrogen and oxygen atoms in total. The summed E-state index contributed by atoms with van der Waals surface area (Å²) >= 11 is 0. The molecule has 4 rings (SSSR count). The number of hydrogen-bond acceptors (Lipinski definition) is 4. The van der Waals surface area contributed by atoms with Gasteiger partial charge in [0.2, 0.25) is 5.91 Å². The number of amides is 1. The fraction of sp³-hybridized carbons (Fsp3) is 0.333. The van der Waals surface area contributed by atoms with Crippen molar-refractivity contribution in [2.45, 2.75) is 25.7 Å². The number of aromatic nitrogens is 4. The SMILES string of the molecule is O=C(CCc1nc2c(cnn2-c2ccccc2)c(=O)[nH]1)N1CCCC1. The van der Waals surface area contributed by atoms with Crippen LogP contribution >= 0.6 is 0 Å². The zero-order valence-electron chi connectivity index (χ0n) is 13.8. The number of H-pyrrole nitrogens is 1. The maximum Gasteiger partial charge on any atom is 0.262 e. The monoisotopic (exact) mass is 337 g/mol. The van der Waals surface area contributed by atoms with E-state index in [1.807, 2.05) is 35.2 Å². The Morgan fingerprint density at radius 3 is 2.68 bits per heavy atom. The van der Waals surface area contributed by atoms with E-state index in [0.29, 0.717) is 29.7 Å². The third kappa shape index (κ3) is 3.05. The summed E-state index contributed by atoms with van der Waals surface area (Å²) in [4.78, 5) is 33.7. The van der Waals surface area contributed by atoms with Gasteiger partial charge in [0.25, 0.3) is 5.56 Å². The molecule has 0 bridgehead atoms. The van der Waals surface area contributed by atoms with Crippen molar-refractivity contribution >= 4 is 16.9 Å². The number of aryl methyl sites for hydroxylation is 1. The van der Waals surface area contributed by atoms with E-state index in [2.05, 4.69) is 15.1 Å². The van der Waals surface area contributed by atoms with Crippen LogP contribution in [0.3, 0.4) is 0 Å². The lowest BCUT2D eigenvalue weighted by atomic mass is 10.2. The first-order valence-corrected chi connectivity index (χ1v) is 8.52. The number of para-hydroxylation sites is 1. The molecule has 2 aromatic heterocycles. The molecule has 0 spiro atoms. The highest BCUT2D eigenvalue weighted by atomic mass is 16.2. The third-order valence-corrected chi connectivity index (χ3v) is 4.52. The third-order valence-electron chi connectivity index (χ3n) is 4.52. The molecule has 0 saturated carbocycles.